The molecule has 2 aromatic rings. The molecule has 0 saturated carbocycles. The Morgan fingerprint density at radius 3 is 2.50 bits per heavy atom. The summed E-state index contributed by atoms with van der Waals surface area (Å²) in [4.78, 5) is 1.80. The third kappa shape index (κ3) is 3.12. The van der Waals surface area contributed by atoms with Gasteiger partial charge in [-0.25, -0.2) is 8.78 Å². The highest BCUT2D eigenvalue weighted by Crippen LogP contribution is 2.22. The van der Waals surface area contributed by atoms with Crippen molar-refractivity contribution in [2.75, 3.05) is 11.9 Å². The molecular weight excluding hydrogens is 260 g/mol. The maximum absolute atomic E-state index is 13.2. The van der Waals surface area contributed by atoms with Crippen molar-refractivity contribution in [1.29, 1.82) is 5.41 Å². The van der Waals surface area contributed by atoms with Crippen LogP contribution in [-0.4, -0.2) is 12.9 Å². The van der Waals surface area contributed by atoms with Gasteiger partial charge < -0.3 is 10.6 Å². The van der Waals surface area contributed by atoms with Gasteiger partial charge in [0.2, 0.25) is 0 Å². The minimum atomic E-state index is -0.446. The molecule has 0 bridgehead atoms. The van der Waals surface area contributed by atoms with Gasteiger partial charge in [-0.1, -0.05) is 12.1 Å². The second-order valence-electron chi connectivity index (χ2n) is 4.56. The van der Waals surface area contributed by atoms with Crippen LogP contribution in [0.15, 0.2) is 42.5 Å². The zero-order valence-electron chi connectivity index (χ0n) is 11.0. The van der Waals surface area contributed by atoms with Gasteiger partial charge in [-0.15, -0.1) is 0 Å². The monoisotopic (exact) mass is 275 g/mol. The Hall–Kier alpha value is -2.43. The molecule has 0 unspecified atom stereocenters. The SMILES string of the molecule is CN(Cc1cccc(F)c1)c1ccc(F)cc1C(=N)N. The molecule has 3 N–H and O–H groups in total. The predicted octanol–water partition coefficient (Wildman–Crippen LogP) is 2.89. The van der Waals surface area contributed by atoms with Crippen LogP contribution in [0.1, 0.15) is 11.1 Å². The number of nitrogens with zero attached hydrogens (tertiary/aromatic N) is 1. The number of rotatable bonds is 4. The number of hydrogen-bond donors (Lipinski definition) is 2. The first-order valence-corrected chi connectivity index (χ1v) is 6.07. The van der Waals surface area contributed by atoms with Gasteiger partial charge in [-0.05, 0) is 35.9 Å². The summed E-state index contributed by atoms with van der Waals surface area (Å²) in [5.74, 6) is -0.953. The minimum absolute atomic E-state index is 0.203. The fourth-order valence-corrected chi connectivity index (χ4v) is 2.05. The molecule has 5 heteroatoms. The summed E-state index contributed by atoms with van der Waals surface area (Å²) in [6.07, 6.45) is 0. The first-order valence-electron chi connectivity index (χ1n) is 6.07. The molecule has 20 heavy (non-hydrogen) atoms. The Morgan fingerprint density at radius 1 is 1.15 bits per heavy atom. The van der Waals surface area contributed by atoms with E-state index < -0.39 is 5.82 Å². The third-order valence-electron chi connectivity index (χ3n) is 2.97. The van der Waals surface area contributed by atoms with E-state index in [1.807, 2.05) is 0 Å². The largest absolute Gasteiger partial charge is 0.384 e. The zero-order valence-corrected chi connectivity index (χ0v) is 11.0. The standard InChI is InChI=1S/C15H15F2N3/c1-20(9-10-3-2-4-11(16)7-10)14-6-5-12(17)8-13(14)15(18)19/h2-8H,9H2,1H3,(H3,18,19). The zero-order chi connectivity index (χ0) is 14.7. The minimum Gasteiger partial charge on any atom is -0.384 e. The maximum Gasteiger partial charge on any atom is 0.125 e. The van der Waals surface area contributed by atoms with E-state index in [1.165, 1.54) is 24.3 Å². The summed E-state index contributed by atoms with van der Waals surface area (Å²) in [5, 5.41) is 7.50. The molecule has 0 amide bonds. The van der Waals surface area contributed by atoms with E-state index in [2.05, 4.69) is 0 Å². The van der Waals surface area contributed by atoms with Gasteiger partial charge in [-0.3, -0.25) is 5.41 Å². The lowest BCUT2D eigenvalue weighted by atomic mass is 10.1. The van der Waals surface area contributed by atoms with Crippen LogP contribution in [0.25, 0.3) is 0 Å². The Morgan fingerprint density at radius 2 is 1.85 bits per heavy atom. The number of hydrogen-bond acceptors (Lipinski definition) is 2. The van der Waals surface area contributed by atoms with Gasteiger partial charge in [0.1, 0.15) is 17.5 Å². The van der Waals surface area contributed by atoms with Crippen molar-refractivity contribution in [1.82, 2.24) is 0 Å². The number of amidine groups is 1. The number of benzene rings is 2. The molecule has 0 atom stereocenters. The van der Waals surface area contributed by atoms with Crippen LogP contribution < -0.4 is 10.6 Å². The predicted molar refractivity (Wildman–Crippen MR) is 75.9 cm³/mol. The van der Waals surface area contributed by atoms with Crippen molar-refractivity contribution < 1.29 is 8.78 Å². The van der Waals surface area contributed by atoms with Crippen molar-refractivity contribution in [3.63, 3.8) is 0 Å². The van der Waals surface area contributed by atoms with Crippen molar-refractivity contribution in [3.8, 4) is 0 Å². The van der Waals surface area contributed by atoms with E-state index in [4.69, 9.17) is 11.1 Å². The molecule has 0 heterocycles. The van der Waals surface area contributed by atoms with Crippen molar-refractivity contribution in [2.24, 2.45) is 5.73 Å². The van der Waals surface area contributed by atoms with Gasteiger partial charge in [0.05, 0.1) is 0 Å². The lowest BCUT2D eigenvalue weighted by Crippen LogP contribution is -2.22. The molecule has 2 aromatic carbocycles. The highest BCUT2D eigenvalue weighted by molar-refractivity contribution is 6.00. The van der Waals surface area contributed by atoms with Gasteiger partial charge >= 0.3 is 0 Å². The van der Waals surface area contributed by atoms with Crippen LogP contribution in [0, 0.1) is 17.0 Å². The summed E-state index contributed by atoms with van der Waals surface area (Å²) >= 11 is 0. The van der Waals surface area contributed by atoms with E-state index in [9.17, 15) is 8.78 Å². The summed E-state index contributed by atoms with van der Waals surface area (Å²) in [6.45, 7) is 0.434. The van der Waals surface area contributed by atoms with Gasteiger partial charge in [0.15, 0.2) is 0 Å². The van der Waals surface area contributed by atoms with Gasteiger partial charge in [0, 0.05) is 24.8 Å². The molecule has 104 valence electrons. The smallest absolute Gasteiger partial charge is 0.125 e. The number of halogens is 2. The average Bonchev–Trinajstić information content (AvgIpc) is 2.38. The third-order valence-corrected chi connectivity index (χ3v) is 2.97. The number of anilines is 1. The molecule has 0 radical (unpaired) electrons. The molecule has 0 aromatic heterocycles. The van der Waals surface area contributed by atoms with Gasteiger partial charge in [0.25, 0.3) is 0 Å². The topological polar surface area (TPSA) is 53.1 Å². The first kappa shape index (κ1) is 14.0. The van der Waals surface area contributed by atoms with E-state index in [1.54, 1.807) is 30.1 Å². The van der Waals surface area contributed by atoms with E-state index in [0.29, 0.717) is 17.8 Å². The van der Waals surface area contributed by atoms with Crippen molar-refractivity contribution in [3.05, 3.63) is 65.2 Å². The van der Waals surface area contributed by atoms with Crippen LogP contribution in [-0.2, 0) is 6.54 Å². The van der Waals surface area contributed by atoms with Crippen molar-refractivity contribution >= 4 is 11.5 Å². The van der Waals surface area contributed by atoms with Crippen LogP contribution in [0.5, 0.6) is 0 Å². The number of nitrogens with two attached hydrogens (primary N) is 1. The first-order chi connectivity index (χ1) is 9.47. The molecule has 0 aliphatic heterocycles. The highest BCUT2D eigenvalue weighted by atomic mass is 19.1. The molecule has 0 aliphatic rings. The molecule has 0 fully saturated rings. The highest BCUT2D eigenvalue weighted by Gasteiger charge is 2.11. The fraction of sp³-hybridized carbons (Fsp3) is 0.133. The maximum atomic E-state index is 13.2. The molecule has 3 nitrogen and oxygen atoms in total. The molecule has 2 rings (SSSR count). The van der Waals surface area contributed by atoms with E-state index in [0.717, 1.165) is 5.56 Å². The van der Waals surface area contributed by atoms with Crippen LogP contribution in [0.4, 0.5) is 14.5 Å². The molecule has 0 saturated heterocycles. The van der Waals surface area contributed by atoms with E-state index in [-0.39, 0.29) is 11.7 Å². The van der Waals surface area contributed by atoms with Crippen LogP contribution >= 0.6 is 0 Å². The quantitative estimate of drug-likeness (QED) is 0.666. The van der Waals surface area contributed by atoms with Crippen molar-refractivity contribution in [2.45, 2.75) is 6.54 Å². The second kappa shape index (κ2) is 5.69. The fourth-order valence-electron chi connectivity index (χ4n) is 2.05. The summed E-state index contributed by atoms with van der Waals surface area (Å²) in [6, 6.07) is 10.3. The van der Waals surface area contributed by atoms with Crippen LogP contribution in [0.3, 0.4) is 0 Å². The molecular formula is C15H15F2N3. The summed E-state index contributed by atoms with van der Waals surface area (Å²) in [5.41, 5.74) is 7.20. The average molecular weight is 275 g/mol. The second-order valence-corrected chi connectivity index (χ2v) is 4.56. The van der Waals surface area contributed by atoms with Gasteiger partial charge in [-0.2, -0.15) is 0 Å². The number of nitrogen functional groups attached to an aromatic ring is 1. The molecule has 0 aliphatic carbocycles. The molecule has 0 spiro atoms. The Kier molecular flexibility index (Phi) is 3.98. The lowest BCUT2D eigenvalue weighted by molar-refractivity contribution is 0.625. The lowest BCUT2D eigenvalue weighted by Gasteiger charge is -2.22. The van der Waals surface area contributed by atoms with E-state index >= 15 is 0 Å². The normalized spacial score (nSPS) is 10.3. The number of nitrogens with one attached hydrogen (secondary N) is 1. The Labute approximate surface area is 116 Å². The Balaban J connectivity index is 2.29. The van der Waals surface area contributed by atoms with Crippen LogP contribution in [0.2, 0.25) is 0 Å². The Bertz CT molecular complexity index is 641. The summed E-state index contributed by atoms with van der Waals surface area (Å²) in [7, 11) is 1.78. The summed E-state index contributed by atoms with van der Waals surface area (Å²) < 4.78 is 26.4.